The molecule has 4 nitrogen and oxygen atoms in total. The highest BCUT2D eigenvalue weighted by Gasteiger charge is 2.27. The average Bonchev–Trinajstić information content (AvgIpc) is 2.96. The number of fused-ring (bicyclic) bond motifs is 1. The Kier molecular flexibility index (Phi) is 3.49. The first-order chi connectivity index (χ1) is 9.69. The number of aliphatic hydroxyl groups excluding tert-OH is 1. The van der Waals surface area contributed by atoms with Crippen molar-refractivity contribution in [1.82, 2.24) is 4.98 Å². The molecule has 1 N–H and O–H groups in total. The zero-order valence-corrected chi connectivity index (χ0v) is 11.9. The highest BCUT2D eigenvalue weighted by Crippen LogP contribution is 2.31. The number of hydrogen-bond acceptors (Lipinski definition) is 4. The van der Waals surface area contributed by atoms with Crippen LogP contribution in [0.4, 0.5) is 5.82 Å². The molecule has 0 saturated carbocycles. The van der Waals surface area contributed by atoms with E-state index in [-0.39, 0.29) is 6.10 Å². The van der Waals surface area contributed by atoms with Gasteiger partial charge in [-0.05, 0) is 43.0 Å². The maximum absolute atomic E-state index is 9.73. The Bertz CT molecular complexity index is 612. The molecule has 1 aliphatic rings. The zero-order valence-electron chi connectivity index (χ0n) is 11.9. The number of methoxy groups -OCH3 is 1. The summed E-state index contributed by atoms with van der Waals surface area (Å²) >= 11 is 0. The zero-order chi connectivity index (χ0) is 14.1. The number of rotatable bonds is 3. The van der Waals surface area contributed by atoms with Crippen LogP contribution in [0.3, 0.4) is 0 Å². The van der Waals surface area contributed by atoms with Crippen molar-refractivity contribution in [3.63, 3.8) is 0 Å². The Balaban J connectivity index is 1.96. The third-order valence-electron chi connectivity index (χ3n) is 4.16. The maximum atomic E-state index is 9.73. The molecule has 0 aliphatic carbocycles. The van der Waals surface area contributed by atoms with Gasteiger partial charge in [-0.3, -0.25) is 0 Å². The van der Waals surface area contributed by atoms with Gasteiger partial charge < -0.3 is 14.7 Å². The van der Waals surface area contributed by atoms with E-state index in [1.807, 2.05) is 31.3 Å². The fourth-order valence-corrected chi connectivity index (χ4v) is 2.89. The number of aromatic nitrogens is 1. The molecule has 0 amide bonds. The smallest absolute Gasteiger partial charge is 0.136 e. The first-order valence-electron chi connectivity index (χ1n) is 7.05. The molecular weight excluding hydrogens is 252 g/mol. The summed E-state index contributed by atoms with van der Waals surface area (Å²) in [6, 6.07) is 8.06. The van der Waals surface area contributed by atoms with Gasteiger partial charge in [-0.25, -0.2) is 4.98 Å². The van der Waals surface area contributed by atoms with E-state index < -0.39 is 0 Å². The molecule has 0 spiro atoms. The third kappa shape index (κ3) is 2.31. The minimum atomic E-state index is -0.255. The summed E-state index contributed by atoms with van der Waals surface area (Å²) in [6.07, 6.45) is 2.61. The van der Waals surface area contributed by atoms with Crippen molar-refractivity contribution >= 4 is 16.6 Å². The molecule has 2 heterocycles. The van der Waals surface area contributed by atoms with Crippen molar-refractivity contribution < 1.29 is 9.84 Å². The van der Waals surface area contributed by atoms with E-state index in [1.54, 1.807) is 7.11 Å². The first kappa shape index (κ1) is 13.2. The standard InChI is InChI=1S/C16H20N2O2/c1-11(19)13-6-8-18(10-13)16-15-4-3-14(20-2)9-12(15)5-7-17-16/h3-5,7,9,11,13,19H,6,8,10H2,1-2H3. The normalized spacial score (nSPS) is 20.4. The molecule has 1 aliphatic heterocycles. The van der Waals surface area contributed by atoms with Crippen molar-refractivity contribution in [2.24, 2.45) is 5.92 Å². The minimum absolute atomic E-state index is 0.255. The molecule has 1 aromatic carbocycles. The topological polar surface area (TPSA) is 45.6 Å². The lowest BCUT2D eigenvalue weighted by Crippen LogP contribution is -2.24. The van der Waals surface area contributed by atoms with Gasteiger partial charge in [0.25, 0.3) is 0 Å². The summed E-state index contributed by atoms with van der Waals surface area (Å²) in [5.74, 6) is 2.21. The van der Waals surface area contributed by atoms with Gasteiger partial charge in [-0.15, -0.1) is 0 Å². The molecule has 20 heavy (non-hydrogen) atoms. The summed E-state index contributed by atoms with van der Waals surface area (Å²) in [4.78, 5) is 6.81. The van der Waals surface area contributed by atoms with Crippen LogP contribution in [0.15, 0.2) is 30.5 Å². The molecule has 4 heteroatoms. The van der Waals surface area contributed by atoms with Gasteiger partial charge in [0, 0.05) is 30.6 Å². The van der Waals surface area contributed by atoms with Gasteiger partial charge in [0.2, 0.25) is 0 Å². The molecule has 0 bridgehead atoms. The highest BCUT2D eigenvalue weighted by atomic mass is 16.5. The first-order valence-corrected chi connectivity index (χ1v) is 7.05. The second-order valence-electron chi connectivity index (χ2n) is 5.46. The van der Waals surface area contributed by atoms with Crippen LogP contribution in [0.25, 0.3) is 10.8 Å². The molecule has 1 fully saturated rings. The number of anilines is 1. The van der Waals surface area contributed by atoms with Crippen LogP contribution >= 0.6 is 0 Å². The summed E-state index contributed by atoms with van der Waals surface area (Å²) in [5.41, 5.74) is 0. The van der Waals surface area contributed by atoms with E-state index >= 15 is 0 Å². The fourth-order valence-electron chi connectivity index (χ4n) is 2.89. The van der Waals surface area contributed by atoms with Crippen molar-refractivity contribution in [1.29, 1.82) is 0 Å². The van der Waals surface area contributed by atoms with Gasteiger partial charge in [-0.1, -0.05) is 0 Å². The van der Waals surface area contributed by atoms with E-state index in [2.05, 4.69) is 16.0 Å². The Morgan fingerprint density at radius 1 is 1.40 bits per heavy atom. The summed E-state index contributed by atoms with van der Waals surface area (Å²) in [7, 11) is 1.68. The summed E-state index contributed by atoms with van der Waals surface area (Å²) in [5, 5.41) is 12.0. The van der Waals surface area contributed by atoms with Gasteiger partial charge >= 0.3 is 0 Å². The predicted molar refractivity (Wildman–Crippen MR) is 80.3 cm³/mol. The number of ether oxygens (including phenoxy) is 1. The van der Waals surface area contributed by atoms with E-state index in [1.165, 1.54) is 0 Å². The van der Waals surface area contributed by atoms with Gasteiger partial charge in [0.05, 0.1) is 13.2 Å². The molecule has 1 aromatic heterocycles. The molecule has 2 unspecified atom stereocenters. The second kappa shape index (κ2) is 5.29. The van der Waals surface area contributed by atoms with Crippen LogP contribution in [0.2, 0.25) is 0 Å². The molecular formula is C16H20N2O2. The predicted octanol–water partition coefficient (Wildman–Crippen LogP) is 2.45. The quantitative estimate of drug-likeness (QED) is 0.932. The Morgan fingerprint density at radius 2 is 2.25 bits per heavy atom. The molecule has 1 saturated heterocycles. The van der Waals surface area contributed by atoms with Gasteiger partial charge in [0.1, 0.15) is 11.6 Å². The molecule has 0 radical (unpaired) electrons. The van der Waals surface area contributed by atoms with Crippen LogP contribution in [-0.2, 0) is 0 Å². The molecule has 2 atom stereocenters. The number of hydrogen-bond donors (Lipinski definition) is 1. The van der Waals surface area contributed by atoms with Crippen LogP contribution in [0.1, 0.15) is 13.3 Å². The number of nitrogens with zero attached hydrogens (tertiary/aromatic N) is 2. The molecule has 3 rings (SSSR count). The maximum Gasteiger partial charge on any atom is 0.136 e. The average molecular weight is 272 g/mol. The SMILES string of the molecule is COc1ccc2c(N3CCC(C(C)O)C3)nccc2c1. The van der Waals surface area contributed by atoms with Crippen molar-refractivity contribution in [2.45, 2.75) is 19.4 Å². The lowest BCUT2D eigenvalue weighted by atomic mass is 10.0. The van der Waals surface area contributed by atoms with Crippen LogP contribution in [0, 0.1) is 5.92 Å². The van der Waals surface area contributed by atoms with Gasteiger partial charge in [0.15, 0.2) is 0 Å². The van der Waals surface area contributed by atoms with Crippen LogP contribution in [0.5, 0.6) is 5.75 Å². The minimum Gasteiger partial charge on any atom is -0.497 e. The third-order valence-corrected chi connectivity index (χ3v) is 4.16. The summed E-state index contributed by atoms with van der Waals surface area (Å²) < 4.78 is 5.27. The lowest BCUT2D eigenvalue weighted by Gasteiger charge is -2.20. The monoisotopic (exact) mass is 272 g/mol. The number of benzene rings is 1. The van der Waals surface area contributed by atoms with Crippen LogP contribution < -0.4 is 9.64 Å². The van der Waals surface area contributed by atoms with E-state index in [9.17, 15) is 5.11 Å². The number of pyridine rings is 1. The second-order valence-corrected chi connectivity index (χ2v) is 5.46. The molecule has 2 aromatic rings. The van der Waals surface area contributed by atoms with Gasteiger partial charge in [-0.2, -0.15) is 0 Å². The molecule has 106 valence electrons. The Hall–Kier alpha value is -1.81. The van der Waals surface area contributed by atoms with E-state index in [0.29, 0.717) is 5.92 Å². The Morgan fingerprint density at radius 3 is 2.95 bits per heavy atom. The summed E-state index contributed by atoms with van der Waals surface area (Å²) in [6.45, 7) is 3.69. The van der Waals surface area contributed by atoms with Crippen LogP contribution in [-0.4, -0.2) is 36.4 Å². The van der Waals surface area contributed by atoms with E-state index in [0.717, 1.165) is 41.9 Å². The Labute approximate surface area is 119 Å². The largest absolute Gasteiger partial charge is 0.497 e. The van der Waals surface area contributed by atoms with E-state index in [4.69, 9.17) is 4.74 Å². The number of aliphatic hydroxyl groups is 1. The van der Waals surface area contributed by atoms with Crippen molar-refractivity contribution in [3.05, 3.63) is 30.5 Å². The van der Waals surface area contributed by atoms with Crippen molar-refractivity contribution in [2.75, 3.05) is 25.1 Å². The lowest BCUT2D eigenvalue weighted by molar-refractivity contribution is 0.136. The fraction of sp³-hybridized carbons (Fsp3) is 0.438. The highest BCUT2D eigenvalue weighted by molar-refractivity contribution is 5.93. The van der Waals surface area contributed by atoms with Crippen molar-refractivity contribution in [3.8, 4) is 5.75 Å².